The van der Waals surface area contributed by atoms with Gasteiger partial charge in [0.15, 0.2) is 12.2 Å². The Bertz CT molecular complexity index is 1350. The van der Waals surface area contributed by atoms with Crippen molar-refractivity contribution >= 4 is 17.3 Å². The van der Waals surface area contributed by atoms with Crippen LogP contribution in [-0.4, -0.2) is 53.8 Å². The molecule has 41 heavy (non-hydrogen) atoms. The van der Waals surface area contributed by atoms with Crippen LogP contribution >= 0.6 is 0 Å². The van der Waals surface area contributed by atoms with Crippen molar-refractivity contribution in [2.24, 2.45) is 0 Å². The maximum absolute atomic E-state index is 13.3. The number of aromatic nitrogens is 1. The van der Waals surface area contributed by atoms with Gasteiger partial charge in [-0.15, -0.1) is 0 Å². The SMILES string of the molecule is Cc1ncoc1COc1ccc2c(c1)CN[C@H](C(O)CNC(=O)c1cc(NC3CCC3)cc(N3CCCCC3)c1)C2. The number of aliphatic hydroxyl groups is 1. The van der Waals surface area contributed by atoms with Gasteiger partial charge in [0.2, 0.25) is 0 Å². The maximum Gasteiger partial charge on any atom is 0.251 e. The van der Waals surface area contributed by atoms with E-state index >= 15 is 0 Å². The zero-order valence-corrected chi connectivity index (χ0v) is 23.8. The van der Waals surface area contributed by atoms with E-state index in [-0.39, 0.29) is 18.5 Å². The molecule has 9 heteroatoms. The molecule has 0 spiro atoms. The smallest absolute Gasteiger partial charge is 0.251 e. The van der Waals surface area contributed by atoms with Gasteiger partial charge < -0.3 is 35.1 Å². The van der Waals surface area contributed by atoms with Crippen LogP contribution in [0, 0.1) is 6.92 Å². The summed E-state index contributed by atoms with van der Waals surface area (Å²) in [6.45, 7) is 5.08. The second-order valence-electron chi connectivity index (χ2n) is 11.6. The fourth-order valence-corrected chi connectivity index (χ4v) is 5.88. The Labute approximate surface area is 241 Å². The monoisotopic (exact) mass is 559 g/mol. The molecule has 1 saturated carbocycles. The number of anilines is 2. The number of oxazole rings is 1. The summed E-state index contributed by atoms with van der Waals surface area (Å²) in [5.74, 6) is 1.33. The molecular formula is C32H41N5O4. The number of aliphatic hydroxyl groups excluding tert-OH is 1. The molecule has 3 heterocycles. The first-order valence-corrected chi connectivity index (χ1v) is 15.0. The average molecular weight is 560 g/mol. The average Bonchev–Trinajstić information content (AvgIpc) is 3.40. The van der Waals surface area contributed by atoms with Gasteiger partial charge in [-0.1, -0.05) is 6.07 Å². The summed E-state index contributed by atoms with van der Waals surface area (Å²) in [6, 6.07) is 12.5. The molecular weight excluding hydrogens is 518 g/mol. The van der Waals surface area contributed by atoms with E-state index < -0.39 is 6.10 Å². The molecule has 2 fully saturated rings. The predicted molar refractivity (Wildman–Crippen MR) is 158 cm³/mol. The summed E-state index contributed by atoms with van der Waals surface area (Å²) in [4.78, 5) is 19.8. The quantitative estimate of drug-likeness (QED) is 0.291. The number of fused-ring (bicyclic) bond motifs is 1. The van der Waals surface area contributed by atoms with E-state index in [1.165, 1.54) is 50.5 Å². The minimum absolute atomic E-state index is 0.151. The van der Waals surface area contributed by atoms with E-state index in [0.717, 1.165) is 47.2 Å². The molecule has 6 rings (SSSR count). The van der Waals surface area contributed by atoms with Crippen LogP contribution in [0.3, 0.4) is 0 Å². The van der Waals surface area contributed by atoms with Gasteiger partial charge in [0, 0.05) is 55.2 Å². The fraction of sp³-hybridized carbons (Fsp3) is 0.500. The molecule has 4 N–H and O–H groups in total. The molecule has 3 aromatic rings. The first-order chi connectivity index (χ1) is 20.0. The summed E-state index contributed by atoms with van der Waals surface area (Å²) >= 11 is 0. The minimum atomic E-state index is -0.713. The molecule has 218 valence electrons. The second-order valence-corrected chi connectivity index (χ2v) is 11.6. The summed E-state index contributed by atoms with van der Waals surface area (Å²) in [5.41, 5.74) is 5.89. The van der Waals surface area contributed by atoms with Crippen LogP contribution in [0.2, 0.25) is 0 Å². The first-order valence-electron chi connectivity index (χ1n) is 15.0. The van der Waals surface area contributed by atoms with Gasteiger partial charge in [-0.3, -0.25) is 4.79 Å². The van der Waals surface area contributed by atoms with Gasteiger partial charge in [-0.25, -0.2) is 4.98 Å². The van der Waals surface area contributed by atoms with E-state index in [4.69, 9.17) is 9.15 Å². The van der Waals surface area contributed by atoms with E-state index in [1.807, 2.05) is 31.2 Å². The Morgan fingerprint density at radius 3 is 2.76 bits per heavy atom. The standard InChI is InChI=1S/C32H41N5O4/c1-21-31(41-20-35-21)19-40-28-9-8-22-15-29(33-17-24(22)14-28)30(38)18-34-32(39)23-12-26(36-25-6-5-7-25)16-27(13-23)37-10-3-2-4-11-37/h8-9,12-14,16,20,25,29-30,33,36,38H,2-7,10-11,15,17-19H2,1H3,(H,34,39)/t29-,30?/m0/s1. The highest BCUT2D eigenvalue weighted by Gasteiger charge is 2.26. The van der Waals surface area contributed by atoms with Gasteiger partial charge >= 0.3 is 0 Å². The number of hydrogen-bond acceptors (Lipinski definition) is 8. The molecule has 0 bridgehead atoms. The van der Waals surface area contributed by atoms with Gasteiger partial charge in [0.1, 0.15) is 12.4 Å². The Morgan fingerprint density at radius 2 is 2.00 bits per heavy atom. The van der Waals surface area contributed by atoms with Crippen molar-refractivity contribution in [3.05, 3.63) is 70.9 Å². The van der Waals surface area contributed by atoms with Crippen molar-refractivity contribution in [2.45, 2.75) is 83.2 Å². The highest BCUT2D eigenvalue weighted by Crippen LogP contribution is 2.29. The summed E-state index contributed by atoms with van der Waals surface area (Å²) in [6.07, 6.45) is 8.63. The molecule has 2 atom stereocenters. The molecule has 1 amide bonds. The zero-order valence-electron chi connectivity index (χ0n) is 23.8. The number of rotatable bonds is 10. The lowest BCUT2D eigenvalue weighted by Crippen LogP contribution is -2.49. The molecule has 2 aromatic carbocycles. The van der Waals surface area contributed by atoms with Gasteiger partial charge in [0.05, 0.1) is 11.8 Å². The van der Waals surface area contributed by atoms with E-state index in [9.17, 15) is 9.90 Å². The fourth-order valence-electron chi connectivity index (χ4n) is 5.88. The third-order valence-corrected chi connectivity index (χ3v) is 8.70. The molecule has 1 saturated heterocycles. The van der Waals surface area contributed by atoms with Crippen molar-refractivity contribution < 1.29 is 19.1 Å². The number of hydrogen-bond donors (Lipinski definition) is 4. The first kappa shape index (κ1) is 27.6. The number of piperidine rings is 1. The normalized spacial score (nSPS) is 19.7. The molecule has 0 radical (unpaired) electrons. The van der Waals surface area contributed by atoms with Crippen molar-refractivity contribution in [1.82, 2.24) is 15.6 Å². The molecule has 1 unspecified atom stereocenters. The van der Waals surface area contributed by atoms with E-state index in [0.29, 0.717) is 31.2 Å². The summed E-state index contributed by atoms with van der Waals surface area (Å²) < 4.78 is 11.3. The lowest BCUT2D eigenvalue weighted by Gasteiger charge is -2.32. The van der Waals surface area contributed by atoms with Gasteiger partial charge in [-0.2, -0.15) is 0 Å². The van der Waals surface area contributed by atoms with E-state index in [1.54, 1.807) is 0 Å². The zero-order chi connectivity index (χ0) is 28.2. The van der Waals surface area contributed by atoms with Crippen molar-refractivity contribution in [2.75, 3.05) is 29.9 Å². The maximum atomic E-state index is 13.3. The number of aryl methyl sites for hydroxylation is 1. The van der Waals surface area contributed by atoms with Gasteiger partial charge in [0.25, 0.3) is 5.91 Å². The van der Waals surface area contributed by atoms with Crippen molar-refractivity contribution in [3.63, 3.8) is 0 Å². The van der Waals surface area contributed by atoms with Crippen LogP contribution in [-0.2, 0) is 19.6 Å². The highest BCUT2D eigenvalue weighted by atomic mass is 16.5. The molecule has 2 aliphatic heterocycles. The number of carbonyl (C=O) groups excluding carboxylic acids is 1. The van der Waals surface area contributed by atoms with Crippen LogP contribution in [0.4, 0.5) is 11.4 Å². The Hall–Kier alpha value is -3.56. The number of amides is 1. The lowest BCUT2D eigenvalue weighted by molar-refractivity contribution is 0.0870. The van der Waals surface area contributed by atoms with Crippen molar-refractivity contribution in [1.29, 1.82) is 0 Å². The highest BCUT2D eigenvalue weighted by molar-refractivity contribution is 5.96. The molecule has 1 aromatic heterocycles. The second kappa shape index (κ2) is 12.5. The van der Waals surface area contributed by atoms with Crippen molar-refractivity contribution in [3.8, 4) is 5.75 Å². The predicted octanol–water partition coefficient (Wildman–Crippen LogP) is 4.32. The topological polar surface area (TPSA) is 112 Å². The largest absolute Gasteiger partial charge is 0.486 e. The third-order valence-electron chi connectivity index (χ3n) is 8.70. The Balaban J connectivity index is 1.05. The summed E-state index contributed by atoms with van der Waals surface area (Å²) in [5, 5.41) is 21.0. The third kappa shape index (κ3) is 6.68. The molecule has 9 nitrogen and oxygen atoms in total. The van der Waals surface area contributed by atoms with Crippen LogP contribution < -0.4 is 25.6 Å². The van der Waals surface area contributed by atoms with Crippen LogP contribution in [0.5, 0.6) is 5.75 Å². The molecule has 1 aliphatic carbocycles. The number of nitrogens with one attached hydrogen (secondary N) is 3. The minimum Gasteiger partial charge on any atom is -0.486 e. The van der Waals surface area contributed by atoms with Crippen LogP contribution in [0.15, 0.2) is 47.2 Å². The van der Waals surface area contributed by atoms with Gasteiger partial charge in [-0.05, 0) is 93.3 Å². The van der Waals surface area contributed by atoms with Crippen LogP contribution in [0.1, 0.15) is 71.5 Å². The number of carbonyl (C=O) groups is 1. The molecule has 3 aliphatic rings. The van der Waals surface area contributed by atoms with E-state index in [2.05, 4.69) is 38.0 Å². The Morgan fingerprint density at radius 1 is 1.15 bits per heavy atom. The Kier molecular flexibility index (Phi) is 8.43. The number of benzene rings is 2. The summed E-state index contributed by atoms with van der Waals surface area (Å²) in [7, 11) is 0. The number of ether oxygens (including phenoxy) is 1. The lowest BCUT2D eigenvalue weighted by atomic mass is 9.92. The van der Waals surface area contributed by atoms with Crippen LogP contribution in [0.25, 0.3) is 0 Å². The number of nitrogens with zero attached hydrogens (tertiary/aromatic N) is 2.